The first-order chi connectivity index (χ1) is 4.49. The summed E-state index contributed by atoms with van der Waals surface area (Å²) in [5.74, 6) is 1.45. The summed E-state index contributed by atoms with van der Waals surface area (Å²) in [5.41, 5.74) is 0.335. The van der Waals surface area contributed by atoms with E-state index in [4.69, 9.17) is 0 Å². The summed E-state index contributed by atoms with van der Waals surface area (Å²) >= 11 is 0. The molecular weight excluding hydrogens is 124 g/mol. The molecule has 1 atom stereocenters. The molecule has 0 spiro atoms. The zero-order chi connectivity index (χ0) is 7.78. The molecule has 59 valence electrons. The fraction of sp³-hybridized carbons (Fsp3) is 0.889. The van der Waals surface area contributed by atoms with Gasteiger partial charge >= 0.3 is 0 Å². The van der Waals surface area contributed by atoms with Crippen molar-refractivity contribution in [2.75, 3.05) is 0 Å². The molecule has 0 amide bonds. The van der Waals surface area contributed by atoms with Crippen LogP contribution in [0, 0.1) is 11.3 Å². The topological polar surface area (TPSA) is 20.2 Å². The number of hydrogen-bond donors (Lipinski definition) is 1. The van der Waals surface area contributed by atoms with E-state index >= 15 is 0 Å². The predicted octanol–water partition coefficient (Wildman–Crippen LogP) is 2.15. The second kappa shape index (κ2) is 2.54. The highest BCUT2D eigenvalue weighted by atomic mass is 16.3. The zero-order valence-corrected chi connectivity index (χ0v) is 7.15. The smallest absolute Gasteiger partial charge is 0.0550 e. The lowest BCUT2D eigenvalue weighted by Crippen LogP contribution is -2.29. The highest BCUT2D eigenvalue weighted by Gasteiger charge is 2.30. The largest absolute Gasteiger partial charge is 0.393 e. The summed E-state index contributed by atoms with van der Waals surface area (Å²) in [6, 6.07) is 0. The van der Waals surface area contributed by atoms with Crippen molar-refractivity contribution in [3.05, 3.63) is 5.92 Å². The van der Waals surface area contributed by atoms with E-state index in [0.717, 1.165) is 12.8 Å². The predicted molar refractivity (Wildman–Crippen MR) is 42.6 cm³/mol. The third-order valence-electron chi connectivity index (χ3n) is 2.15. The first-order valence-electron chi connectivity index (χ1n) is 3.99. The van der Waals surface area contributed by atoms with E-state index < -0.39 is 0 Å². The minimum Gasteiger partial charge on any atom is -0.393 e. The van der Waals surface area contributed by atoms with Crippen molar-refractivity contribution in [1.29, 1.82) is 0 Å². The fourth-order valence-corrected chi connectivity index (χ4v) is 2.07. The average Bonchev–Trinajstić information content (AvgIpc) is 1.54. The van der Waals surface area contributed by atoms with Crippen LogP contribution in [0.3, 0.4) is 0 Å². The van der Waals surface area contributed by atoms with Crippen LogP contribution in [0.15, 0.2) is 0 Å². The number of rotatable bonds is 0. The molecule has 1 unspecified atom stereocenters. The molecule has 1 radical (unpaired) electrons. The first-order valence-corrected chi connectivity index (χ1v) is 3.99. The maximum Gasteiger partial charge on any atom is 0.0550 e. The van der Waals surface area contributed by atoms with Crippen LogP contribution in [-0.4, -0.2) is 11.2 Å². The zero-order valence-electron chi connectivity index (χ0n) is 7.15. The lowest BCUT2D eigenvalue weighted by Gasteiger charge is -2.36. The lowest BCUT2D eigenvalue weighted by atomic mass is 9.72. The van der Waals surface area contributed by atoms with Crippen molar-refractivity contribution < 1.29 is 5.11 Å². The van der Waals surface area contributed by atoms with E-state index in [-0.39, 0.29) is 6.10 Å². The van der Waals surface area contributed by atoms with Gasteiger partial charge in [0.25, 0.3) is 0 Å². The highest BCUT2D eigenvalue weighted by Crippen LogP contribution is 2.39. The van der Waals surface area contributed by atoms with Crippen LogP contribution in [-0.2, 0) is 0 Å². The Morgan fingerprint density at radius 3 is 2.50 bits per heavy atom. The van der Waals surface area contributed by atoms with Crippen LogP contribution in [0.5, 0.6) is 0 Å². The summed E-state index contributed by atoms with van der Waals surface area (Å²) in [5, 5.41) is 9.39. The summed E-state index contributed by atoms with van der Waals surface area (Å²) in [4.78, 5) is 0. The van der Waals surface area contributed by atoms with E-state index in [1.165, 1.54) is 12.3 Å². The van der Waals surface area contributed by atoms with Crippen LogP contribution >= 0.6 is 0 Å². The third-order valence-corrected chi connectivity index (χ3v) is 2.15. The molecule has 0 heterocycles. The molecule has 1 heteroatoms. The Kier molecular flexibility index (Phi) is 2.04. The van der Waals surface area contributed by atoms with Gasteiger partial charge in [0.15, 0.2) is 0 Å². The minimum absolute atomic E-state index is 0.0799. The minimum atomic E-state index is -0.0799. The average molecular weight is 141 g/mol. The first kappa shape index (κ1) is 8.06. The molecule has 0 bridgehead atoms. The normalized spacial score (nSPS) is 34.2. The van der Waals surface area contributed by atoms with Gasteiger partial charge in [-0.15, -0.1) is 0 Å². The molecule has 0 aliphatic heterocycles. The molecule has 1 aliphatic rings. The van der Waals surface area contributed by atoms with Gasteiger partial charge < -0.3 is 5.11 Å². The maximum absolute atomic E-state index is 9.39. The van der Waals surface area contributed by atoms with Gasteiger partial charge in [0.1, 0.15) is 0 Å². The second-order valence-electron chi connectivity index (χ2n) is 4.36. The van der Waals surface area contributed by atoms with Crippen LogP contribution in [0.1, 0.15) is 40.0 Å². The van der Waals surface area contributed by atoms with Gasteiger partial charge in [0, 0.05) is 0 Å². The Morgan fingerprint density at radius 2 is 2.10 bits per heavy atom. The van der Waals surface area contributed by atoms with Gasteiger partial charge in [0.2, 0.25) is 0 Å². The lowest BCUT2D eigenvalue weighted by molar-refractivity contribution is 0.0782. The van der Waals surface area contributed by atoms with E-state index in [9.17, 15) is 5.11 Å². The van der Waals surface area contributed by atoms with E-state index in [0.29, 0.717) is 5.41 Å². The Morgan fingerprint density at radius 1 is 1.50 bits per heavy atom. The molecule has 1 rings (SSSR count). The molecule has 1 aliphatic carbocycles. The van der Waals surface area contributed by atoms with Gasteiger partial charge in [-0.1, -0.05) is 20.8 Å². The Bertz CT molecular complexity index is 106. The maximum atomic E-state index is 9.39. The molecule has 1 nitrogen and oxygen atoms in total. The monoisotopic (exact) mass is 141 g/mol. The van der Waals surface area contributed by atoms with Crippen molar-refractivity contribution in [2.45, 2.75) is 46.1 Å². The molecular formula is C9H17O. The van der Waals surface area contributed by atoms with Gasteiger partial charge in [-0.05, 0) is 30.6 Å². The quantitative estimate of drug-likeness (QED) is 0.548. The van der Waals surface area contributed by atoms with E-state index in [1.807, 2.05) is 0 Å². The van der Waals surface area contributed by atoms with Crippen molar-refractivity contribution >= 4 is 0 Å². The Labute approximate surface area is 63.4 Å². The molecule has 0 aromatic rings. The molecule has 0 saturated heterocycles. The molecule has 10 heavy (non-hydrogen) atoms. The van der Waals surface area contributed by atoms with Crippen molar-refractivity contribution in [3.63, 3.8) is 0 Å². The van der Waals surface area contributed by atoms with Crippen molar-refractivity contribution in [1.82, 2.24) is 0 Å². The molecule has 1 saturated carbocycles. The summed E-state index contributed by atoms with van der Waals surface area (Å²) in [6.45, 7) is 6.59. The van der Waals surface area contributed by atoms with Gasteiger partial charge in [-0.3, -0.25) is 0 Å². The molecule has 0 aromatic heterocycles. The van der Waals surface area contributed by atoms with Crippen LogP contribution in [0.4, 0.5) is 0 Å². The Hall–Kier alpha value is -0.0400. The van der Waals surface area contributed by atoms with Gasteiger partial charge in [-0.2, -0.15) is 0 Å². The molecule has 1 N–H and O–H groups in total. The van der Waals surface area contributed by atoms with E-state index in [1.54, 1.807) is 0 Å². The standard InChI is InChI=1S/C9H17O/c1-7-4-8(10)6-9(2,3)5-7/h8,10H,4-6H2,1-3H3. The summed E-state index contributed by atoms with van der Waals surface area (Å²) in [7, 11) is 0. The Balaban J connectivity index is 2.51. The fourth-order valence-electron chi connectivity index (χ4n) is 2.07. The number of aliphatic hydroxyl groups is 1. The van der Waals surface area contributed by atoms with Gasteiger partial charge in [0.05, 0.1) is 6.10 Å². The second-order valence-corrected chi connectivity index (χ2v) is 4.36. The number of aliphatic hydroxyl groups excluding tert-OH is 1. The van der Waals surface area contributed by atoms with Crippen molar-refractivity contribution in [2.24, 2.45) is 5.41 Å². The highest BCUT2D eigenvalue weighted by molar-refractivity contribution is 4.98. The summed E-state index contributed by atoms with van der Waals surface area (Å²) < 4.78 is 0. The number of hydrogen-bond acceptors (Lipinski definition) is 1. The van der Waals surface area contributed by atoms with Crippen LogP contribution in [0.2, 0.25) is 0 Å². The van der Waals surface area contributed by atoms with Crippen LogP contribution < -0.4 is 0 Å². The van der Waals surface area contributed by atoms with Crippen LogP contribution in [0.25, 0.3) is 0 Å². The third kappa shape index (κ3) is 1.98. The molecule has 1 fully saturated rings. The molecule has 0 aromatic carbocycles. The van der Waals surface area contributed by atoms with Crippen molar-refractivity contribution in [3.8, 4) is 0 Å². The SMILES string of the molecule is C[C]1CC(O)CC(C)(C)C1. The van der Waals surface area contributed by atoms with Gasteiger partial charge in [-0.25, -0.2) is 0 Å². The summed E-state index contributed by atoms with van der Waals surface area (Å²) in [6.07, 6.45) is 2.99. The van der Waals surface area contributed by atoms with E-state index in [2.05, 4.69) is 20.8 Å².